The van der Waals surface area contributed by atoms with Gasteiger partial charge in [-0.05, 0) is 18.9 Å². The molecule has 0 radical (unpaired) electrons. The Bertz CT molecular complexity index is 447. The minimum Gasteiger partial charge on any atom is -0.343 e. The quantitative estimate of drug-likeness (QED) is 0.711. The Morgan fingerprint density at radius 2 is 2.23 bits per heavy atom. The van der Waals surface area contributed by atoms with Gasteiger partial charge in [0.25, 0.3) is 0 Å². The van der Waals surface area contributed by atoms with Crippen molar-refractivity contribution < 1.29 is 0 Å². The molecular weight excluding hydrogens is 186 g/mol. The minimum atomic E-state index is 0.526. The summed E-state index contributed by atoms with van der Waals surface area (Å²) in [6.45, 7) is 4.13. The lowest BCUT2D eigenvalue weighted by atomic mass is 10.2. The number of hydrogen-bond acceptors (Lipinski definition) is 2. The third-order valence-electron chi connectivity index (χ3n) is 2.25. The molecule has 2 rings (SSSR count). The van der Waals surface area contributed by atoms with Gasteiger partial charge < -0.3 is 4.98 Å². The first-order chi connectivity index (χ1) is 6.24. The molecule has 0 amide bonds. The number of aryl methyl sites for hydroxylation is 2. The maximum atomic E-state index is 5.96. The predicted octanol–water partition coefficient (Wildman–Crippen LogP) is 2.48. The van der Waals surface area contributed by atoms with Crippen molar-refractivity contribution in [2.24, 2.45) is 0 Å². The molecule has 2 aromatic rings. The summed E-state index contributed by atoms with van der Waals surface area (Å²) in [6, 6.07) is 0. The van der Waals surface area contributed by atoms with Crippen LogP contribution in [0.15, 0.2) is 6.33 Å². The Morgan fingerprint density at radius 1 is 1.46 bits per heavy atom. The molecule has 2 aromatic heterocycles. The number of hydrogen-bond donors (Lipinski definition) is 1. The van der Waals surface area contributed by atoms with E-state index < -0.39 is 0 Å². The van der Waals surface area contributed by atoms with E-state index in [0.717, 1.165) is 23.0 Å². The van der Waals surface area contributed by atoms with Crippen molar-refractivity contribution in [3.8, 4) is 0 Å². The molecule has 0 atom stereocenters. The first-order valence-electron chi connectivity index (χ1n) is 4.21. The van der Waals surface area contributed by atoms with E-state index in [-0.39, 0.29) is 0 Å². The van der Waals surface area contributed by atoms with Crippen molar-refractivity contribution in [1.29, 1.82) is 0 Å². The SMILES string of the molecule is CCc1[nH]c2ncnc(Cl)c2c1C. The molecular formula is C9H10ClN3. The van der Waals surface area contributed by atoms with Gasteiger partial charge in [-0.2, -0.15) is 0 Å². The summed E-state index contributed by atoms with van der Waals surface area (Å²) >= 11 is 5.96. The largest absolute Gasteiger partial charge is 0.343 e. The van der Waals surface area contributed by atoms with Crippen LogP contribution in [0.5, 0.6) is 0 Å². The van der Waals surface area contributed by atoms with Crippen molar-refractivity contribution in [1.82, 2.24) is 15.0 Å². The number of fused-ring (bicyclic) bond motifs is 1. The molecule has 68 valence electrons. The van der Waals surface area contributed by atoms with E-state index in [1.54, 1.807) is 0 Å². The molecule has 0 aliphatic rings. The molecule has 0 saturated carbocycles. The second-order valence-electron chi connectivity index (χ2n) is 2.97. The van der Waals surface area contributed by atoms with Gasteiger partial charge in [-0.25, -0.2) is 9.97 Å². The van der Waals surface area contributed by atoms with Crippen LogP contribution in [0.1, 0.15) is 18.2 Å². The zero-order valence-electron chi connectivity index (χ0n) is 7.56. The highest BCUT2D eigenvalue weighted by Gasteiger charge is 2.10. The van der Waals surface area contributed by atoms with Crippen molar-refractivity contribution in [2.45, 2.75) is 20.3 Å². The first kappa shape index (κ1) is 8.51. The molecule has 2 heterocycles. The van der Waals surface area contributed by atoms with Gasteiger partial charge in [-0.15, -0.1) is 0 Å². The topological polar surface area (TPSA) is 41.6 Å². The molecule has 0 spiro atoms. The zero-order chi connectivity index (χ0) is 9.42. The van der Waals surface area contributed by atoms with Crippen LogP contribution in [0.3, 0.4) is 0 Å². The highest BCUT2D eigenvalue weighted by molar-refractivity contribution is 6.34. The van der Waals surface area contributed by atoms with Crippen LogP contribution in [-0.4, -0.2) is 15.0 Å². The number of rotatable bonds is 1. The minimum absolute atomic E-state index is 0.526. The van der Waals surface area contributed by atoms with E-state index in [4.69, 9.17) is 11.6 Å². The third kappa shape index (κ3) is 1.20. The summed E-state index contributed by atoms with van der Waals surface area (Å²) in [5, 5.41) is 1.47. The normalized spacial score (nSPS) is 11.0. The van der Waals surface area contributed by atoms with E-state index in [2.05, 4.69) is 21.9 Å². The Balaban J connectivity index is 2.85. The number of nitrogens with zero attached hydrogens (tertiary/aromatic N) is 2. The van der Waals surface area contributed by atoms with Crippen LogP contribution in [0.2, 0.25) is 5.15 Å². The van der Waals surface area contributed by atoms with Crippen LogP contribution in [0.4, 0.5) is 0 Å². The maximum Gasteiger partial charge on any atom is 0.142 e. The summed E-state index contributed by atoms with van der Waals surface area (Å²) in [6.07, 6.45) is 2.43. The van der Waals surface area contributed by atoms with Gasteiger partial charge in [0, 0.05) is 5.69 Å². The molecule has 0 aromatic carbocycles. The summed E-state index contributed by atoms with van der Waals surface area (Å²) in [4.78, 5) is 11.3. The van der Waals surface area contributed by atoms with Crippen LogP contribution < -0.4 is 0 Å². The van der Waals surface area contributed by atoms with Gasteiger partial charge in [0.15, 0.2) is 0 Å². The maximum absolute atomic E-state index is 5.96. The number of H-pyrrole nitrogens is 1. The van der Waals surface area contributed by atoms with E-state index >= 15 is 0 Å². The Morgan fingerprint density at radius 3 is 2.85 bits per heavy atom. The number of halogens is 1. The fraction of sp³-hybridized carbons (Fsp3) is 0.333. The van der Waals surface area contributed by atoms with Crippen LogP contribution in [0, 0.1) is 6.92 Å². The van der Waals surface area contributed by atoms with Crippen molar-refractivity contribution in [3.63, 3.8) is 0 Å². The van der Waals surface area contributed by atoms with Crippen molar-refractivity contribution in [3.05, 3.63) is 22.7 Å². The monoisotopic (exact) mass is 195 g/mol. The number of aromatic amines is 1. The second kappa shape index (κ2) is 3.00. The fourth-order valence-corrected chi connectivity index (χ4v) is 1.81. The summed E-state index contributed by atoms with van der Waals surface area (Å²) < 4.78 is 0. The lowest BCUT2D eigenvalue weighted by Crippen LogP contribution is -1.81. The van der Waals surface area contributed by atoms with E-state index in [0.29, 0.717) is 5.15 Å². The average Bonchev–Trinajstić information content (AvgIpc) is 2.44. The summed E-state index contributed by atoms with van der Waals surface area (Å²) in [5.41, 5.74) is 3.16. The van der Waals surface area contributed by atoms with Crippen molar-refractivity contribution >= 4 is 22.6 Å². The molecule has 0 aliphatic carbocycles. The van der Waals surface area contributed by atoms with Gasteiger partial charge in [-0.1, -0.05) is 18.5 Å². The van der Waals surface area contributed by atoms with Gasteiger partial charge in [0.1, 0.15) is 17.1 Å². The van der Waals surface area contributed by atoms with Crippen LogP contribution in [-0.2, 0) is 6.42 Å². The van der Waals surface area contributed by atoms with Crippen LogP contribution in [0.25, 0.3) is 11.0 Å². The van der Waals surface area contributed by atoms with E-state index in [1.807, 2.05) is 6.92 Å². The molecule has 0 bridgehead atoms. The highest BCUT2D eigenvalue weighted by atomic mass is 35.5. The lowest BCUT2D eigenvalue weighted by molar-refractivity contribution is 1.05. The van der Waals surface area contributed by atoms with Gasteiger partial charge in [0.05, 0.1) is 5.39 Å². The number of aromatic nitrogens is 3. The van der Waals surface area contributed by atoms with Gasteiger partial charge in [0.2, 0.25) is 0 Å². The smallest absolute Gasteiger partial charge is 0.142 e. The fourth-order valence-electron chi connectivity index (χ4n) is 1.53. The van der Waals surface area contributed by atoms with Crippen molar-refractivity contribution in [2.75, 3.05) is 0 Å². The molecule has 0 aliphatic heterocycles. The molecule has 1 N–H and O–H groups in total. The molecule has 4 heteroatoms. The standard InChI is InChI=1S/C9H10ClN3/c1-3-6-5(2)7-8(10)11-4-12-9(7)13-6/h4H,3H2,1-2H3,(H,11,12,13). The lowest BCUT2D eigenvalue weighted by Gasteiger charge is -1.93. The Kier molecular flexibility index (Phi) is 1.96. The van der Waals surface area contributed by atoms with Gasteiger partial charge >= 0.3 is 0 Å². The van der Waals surface area contributed by atoms with Crippen LogP contribution >= 0.6 is 11.6 Å². The molecule has 0 unspecified atom stereocenters. The van der Waals surface area contributed by atoms with E-state index in [1.165, 1.54) is 12.0 Å². The van der Waals surface area contributed by atoms with E-state index in [9.17, 15) is 0 Å². The predicted molar refractivity (Wildman–Crippen MR) is 53.0 cm³/mol. The Labute approximate surface area is 81.2 Å². The summed E-state index contributed by atoms with van der Waals surface area (Å²) in [7, 11) is 0. The molecule has 0 saturated heterocycles. The summed E-state index contributed by atoms with van der Waals surface area (Å²) in [5.74, 6) is 0. The first-order valence-corrected chi connectivity index (χ1v) is 4.59. The zero-order valence-corrected chi connectivity index (χ0v) is 8.31. The second-order valence-corrected chi connectivity index (χ2v) is 3.33. The molecule has 3 nitrogen and oxygen atoms in total. The molecule has 13 heavy (non-hydrogen) atoms. The average molecular weight is 196 g/mol. The third-order valence-corrected chi connectivity index (χ3v) is 2.54. The molecule has 0 fully saturated rings. The Hall–Kier alpha value is -1.09. The number of nitrogens with one attached hydrogen (secondary N) is 1. The highest BCUT2D eigenvalue weighted by Crippen LogP contribution is 2.25. The van der Waals surface area contributed by atoms with Gasteiger partial charge in [-0.3, -0.25) is 0 Å².